The standard InChI is InChI=1S/C14H26N4OS.ClH/c1-5-12-10(13(6-2)18(3)17-12)9-16-14(19)11(15)7-8-20-4;/h11H,5-9,15H2,1-4H3,(H,16,19);1H. The van der Waals surface area contributed by atoms with Gasteiger partial charge in [0.05, 0.1) is 11.7 Å². The van der Waals surface area contributed by atoms with Gasteiger partial charge in [-0.3, -0.25) is 9.48 Å². The SMILES string of the molecule is CCc1nn(C)c(CC)c1CNC(=O)C(N)CCSC.Cl. The molecule has 0 saturated heterocycles. The normalized spacial score (nSPS) is 11.9. The van der Waals surface area contributed by atoms with Crippen LogP contribution in [0.4, 0.5) is 0 Å². The Morgan fingerprint density at radius 1 is 1.43 bits per heavy atom. The molecule has 7 heteroatoms. The second-order valence-electron chi connectivity index (χ2n) is 4.81. The Morgan fingerprint density at radius 3 is 2.62 bits per heavy atom. The van der Waals surface area contributed by atoms with E-state index in [-0.39, 0.29) is 18.3 Å². The molecule has 21 heavy (non-hydrogen) atoms. The molecule has 1 aromatic rings. The van der Waals surface area contributed by atoms with Crippen LogP contribution in [0, 0.1) is 0 Å². The number of nitrogens with one attached hydrogen (secondary N) is 1. The molecule has 1 heterocycles. The highest BCUT2D eigenvalue weighted by molar-refractivity contribution is 7.98. The highest BCUT2D eigenvalue weighted by Crippen LogP contribution is 2.15. The predicted molar refractivity (Wildman–Crippen MR) is 92.0 cm³/mol. The summed E-state index contributed by atoms with van der Waals surface area (Å²) in [4.78, 5) is 12.0. The fourth-order valence-corrected chi connectivity index (χ4v) is 2.77. The van der Waals surface area contributed by atoms with Crippen LogP contribution in [-0.4, -0.2) is 33.7 Å². The molecule has 0 fully saturated rings. The summed E-state index contributed by atoms with van der Waals surface area (Å²) in [7, 11) is 1.95. The van der Waals surface area contributed by atoms with E-state index in [0.717, 1.165) is 29.9 Å². The molecule has 1 rings (SSSR count). The first-order valence-corrected chi connectivity index (χ1v) is 8.50. The summed E-state index contributed by atoms with van der Waals surface area (Å²) in [5, 5.41) is 7.45. The van der Waals surface area contributed by atoms with Crippen molar-refractivity contribution in [2.75, 3.05) is 12.0 Å². The summed E-state index contributed by atoms with van der Waals surface area (Å²) in [5.74, 6) is 0.828. The van der Waals surface area contributed by atoms with Gasteiger partial charge in [0.2, 0.25) is 5.91 Å². The third-order valence-electron chi connectivity index (χ3n) is 3.44. The van der Waals surface area contributed by atoms with E-state index < -0.39 is 6.04 Å². The Bertz CT molecular complexity index is 450. The summed E-state index contributed by atoms with van der Waals surface area (Å²) < 4.78 is 1.91. The molecule has 0 aromatic carbocycles. The number of hydrogen-bond donors (Lipinski definition) is 2. The van der Waals surface area contributed by atoms with Gasteiger partial charge in [0, 0.05) is 24.8 Å². The number of aryl methyl sites for hydroxylation is 2. The lowest BCUT2D eigenvalue weighted by Gasteiger charge is -2.12. The van der Waals surface area contributed by atoms with Crippen LogP contribution in [0.2, 0.25) is 0 Å². The number of carbonyl (C=O) groups excluding carboxylic acids is 1. The van der Waals surface area contributed by atoms with Gasteiger partial charge in [-0.05, 0) is 31.3 Å². The second kappa shape index (κ2) is 10.1. The number of aromatic nitrogens is 2. The smallest absolute Gasteiger partial charge is 0.237 e. The van der Waals surface area contributed by atoms with E-state index in [9.17, 15) is 4.79 Å². The van der Waals surface area contributed by atoms with Gasteiger partial charge in [0.25, 0.3) is 0 Å². The highest BCUT2D eigenvalue weighted by atomic mass is 35.5. The number of halogens is 1. The molecule has 1 aromatic heterocycles. The number of rotatable bonds is 8. The first-order chi connectivity index (χ1) is 9.54. The molecule has 0 radical (unpaired) electrons. The van der Waals surface area contributed by atoms with Crippen molar-refractivity contribution in [2.45, 2.75) is 45.7 Å². The molecule has 5 nitrogen and oxygen atoms in total. The molecule has 1 atom stereocenters. The van der Waals surface area contributed by atoms with E-state index in [4.69, 9.17) is 5.73 Å². The van der Waals surface area contributed by atoms with E-state index in [1.54, 1.807) is 11.8 Å². The van der Waals surface area contributed by atoms with Crippen LogP contribution in [0.25, 0.3) is 0 Å². The molecule has 3 N–H and O–H groups in total. The van der Waals surface area contributed by atoms with Gasteiger partial charge in [-0.25, -0.2) is 0 Å². The van der Waals surface area contributed by atoms with E-state index in [2.05, 4.69) is 24.3 Å². The van der Waals surface area contributed by atoms with Crippen LogP contribution >= 0.6 is 24.2 Å². The van der Waals surface area contributed by atoms with Gasteiger partial charge in [-0.2, -0.15) is 16.9 Å². The molecule has 1 unspecified atom stereocenters. The summed E-state index contributed by atoms with van der Waals surface area (Å²) >= 11 is 1.70. The molecule has 0 aliphatic carbocycles. The minimum atomic E-state index is -0.422. The van der Waals surface area contributed by atoms with Crippen LogP contribution in [0.15, 0.2) is 0 Å². The van der Waals surface area contributed by atoms with Crippen molar-refractivity contribution in [1.82, 2.24) is 15.1 Å². The average molecular weight is 335 g/mol. The number of amides is 1. The van der Waals surface area contributed by atoms with Crippen molar-refractivity contribution in [3.63, 3.8) is 0 Å². The quantitative estimate of drug-likeness (QED) is 0.758. The van der Waals surface area contributed by atoms with Gasteiger partial charge in [-0.1, -0.05) is 13.8 Å². The van der Waals surface area contributed by atoms with Gasteiger partial charge in [0.15, 0.2) is 0 Å². The largest absolute Gasteiger partial charge is 0.351 e. The summed E-state index contributed by atoms with van der Waals surface area (Å²) in [6.45, 7) is 4.70. The summed E-state index contributed by atoms with van der Waals surface area (Å²) in [6, 6.07) is -0.422. The Hall–Kier alpha value is -0.720. The molecule has 0 aliphatic rings. The molecular formula is C14H27ClN4OS. The van der Waals surface area contributed by atoms with Crippen LogP contribution in [0.1, 0.15) is 37.2 Å². The number of thioether (sulfide) groups is 1. The van der Waals surface area contributed by atoms with Gasteiger partial charge in [-0.15, -0.1) is 12.4 Å². The zero-order chi connectivity index (χ0) is 15.1. The molecular weight excluding hydrogens is 308 g/mol. The molecule has 0 spiro atoms. The van der Waals surface area contributed by atoms with Crippen molar-refractivity contribution in [3.05, 3.63) is 17.0 Å². The number of carbonyl (C=O) groups is 1. The van der Waals surface area contributed by atoms with E-state index in [0.29, 0.717) is 13.0 Å². The predicted octanol–water partition coefficient (Wildman–Crippen LogP) is 1.66. The number of nitrogens with two attached hydrogens (primary N) is 1. The lowest BCUT2D eigenvalue weighted by molar-refractivity contribution is -0.122. The maximum atomic E-state index is 12.0. The topological polar surface area (TPSA) is 72.9 Å². The van der Waals surface area contributed by atoms with Crippen LogP contribution in [-0.2, 0) is 31.2 Å². The van der Waals surface area contributed by atoms with Crippen LogP contribution in [0.3, 0.4) is 0 Å². The van der Waals surface area contributed by atoms with Crippen molar-refractivity contribution in [3.8, 4) is 0 Å². The average Bonchev–Trinajstić information content (AvgIpc) is 2.76. The van der Waals surface area contributed by atoms with E-state index >= 15 is 0 Å². The Kier molecular flexibility index (Phi) is 9.74. The third kappa shape index (κ3) is 5.52. The van der Waals surface area contributed by atoms with E-state index in [1.165, 1.54) is 5.69 Å². The number of hydrogen-bond acceptors (Lipinski definition) is 4. The minimum Gasteiger partial charge on any atom is -0.351 e. The maximum absolute atomic E-state index is 12.0. The lowest BCUT2D eigenvalue weighted by atomic mass is 10.1. The Labute approximate surface area is 137 Å². The monoisotopic (exact) mass is 334 g/mol. The molecule has 1 amide bonds. The minimum absolute atomic E-state index is 0. The zero-order valence-electron chi connectivity index (χ0n) is 13.3. The molecule has 0 aliphatic heterocycles. The van der Waals surface area contributed by atoms with Crippen LogP contribution in [0.5, 0.6) is 0 Å². The highest BCUT2D eigenvalue weighted by Gasteiger charge is 2.17. The fourth-order valence-electron chi connectivity index (χ4n) is 2.28. The number of nitrogens with zero attached hydrogens (tertiary/aromatic N) is 2. The summed E-state index contributed by atoms with van der Waals surface area (Å²) in [5.41, 5.74) is 9.25. The van der Waals surface area contributed by atoms with Crippen molar-refractivity contribution in [1.29, 1.82) is 0 Å². The Morgan fingerprint density at radius 2 is 2.10 bits per heavy atom. The molecule has 122 valence electrons. The van der Waals surface area contributed by atoms with Gasteiger partial charge >= 0.3 is 0 Å². The van der Waals surface area contributed by atoms with Crippen LogP contribution < -0.4 is 11.1 Å². The third-order valence-corrected chi connectivity index (χ3v) is 4.08. The fraction of sp³-hybridized carbons (Fsp3) is 0.714. The van der Waals surface area contributed by atoms with Crippen molar-refractivity contribution < 1.29 is 4.79 Å². The lowest BCUT2D eigenvalue weighted by Crippen LogP contribution is -2.40. The molecule has 0 bridgehead atoms. The van der Waals surface area contributed by atoms with Gasteiger partial charge in [0.1, 0.15) is 0 Å². The zero-order valence-corrected chi connectivity index (χ0v) is 14.9. The van der Waals surface area contributed by atoms with Crippen molar-refractivity contribution in [2.24, 2.45) is 12.8 Å². The maximum Gasteiger partial charge on any atom is 0.237 e. The Balaban J connectivity index is 0.00000400. The first kappa shape index (κ1) is 20.3. The summed E-state index contributed by atoms with van der Waals surface area (Å²) in [6.07, 6.45) is 4.51. The van der Waals surface area contributed by atoms with Crippen molar-refractivity contribution >= 4 is 30.1 Å². The van der Waals surface area contributed by atoms with Gasteiger partial charge < -0.3 is 11.1 Å². The second-order valence-corrected chi connectivity index (χ2v) is 5.79. The molecule has 0 saturated carbocycles. The first-order valence-electron chi connectivity index (χ1n) is 7.10. The van der Waals surface area contributed by atoms with E-state index in [1.807, 2.05) is 18.0 Å².